The Morgan fingerprint density at radius 2 is 0.938 bits per heavy atom. The van der Waals surface area contributed by atoms with Gasteiger partial charge in [-0.15, -0.1) is 0 Å². The molecule has 0 aliphatic carbocycles. The molecule has 0 spiro atoms. The summed E-state index contributed by atoms with van der Waals surface area (Å²) in [6, 6.07) is 0. The summed E-state index contributed by atoms with van der Waals surface area (Å²) < 4.78 is 34.1. The van der Waals surface area contributed by atoms with E-state index in [0.29, 0.717) is 0 Å². The van der Waals surface area contributed by atoms with Crippen LogP contribution in [0.4, 0.5) is 0 Å². The zero-order valence-corrected chi connectivity index (χ0v) is 12.5. The Kier molecular flexibility index (Phi) is 10.6. The average molecular weight is 350 g/mol. The number of hydrogen-bond donors (Lipinski definition) is 0. The normalized spacial score (nSPS) is 12.2. The molecular formula is C8H18AgO6S. The molecule has 0 aliphatic rings. The summed E-state index contributed by atoms with van der Waals surface area (Å²) in [5, 5.41) is 0. The SMILES string of the molecule is CC(C)(C)OOC(C)(C)C.O=S(=O)([O-])[O-].[Ag+2]. The van der Waals surface area contributed by atoms with E-state index >= 15 is 0 Å². The fraction of sp³-hybridized carbons (Fsp3) is 1.00. The van der Waals surface area contributed by atoms with Crippen molar-refractivity contribution >= 4 is 10.4 Å². The van der Waals surface area contributed by atoms with Crippen molar-refractivity contribution in [2.45, 2.75) is 52.7 Å². The van der Waals surface area contributed by atoms with Gasteiger partial charge in [0.2, 0.25) is 0 Å². The molecule has 0 saturated carbocycles. The minimum atomic E-state index is -5.17. The first kappa shape index (κ1) is 21.8. The summed E-state index contributed by atoms with van der Waals surface area (Å²) in [5.74, 6) is 0. The average Bonchev–Trinajstić information content (AvgIpc) is 1.76. The van der Waals surface area contributed by atoms with Gasteiger partial charge in [-0.3, -0.25) is 8.42 Å². The standard InChI is InChI=1S/C8H18O2.Ag.H2O4S/c1-7(2,3)9-10-8(4,5)6;;1-5(2,3)4/h1-6H3;;(H2,1,2,3,4)/q;+2;/p-2. The van der Waals surface area contributed by atoms with Gasteiger partial charge in [0.15, 0.2) is 0 Å². The molecule has 0 aromatic carbocycles. The Morgan fingerprint density at radius 3 is 1.00 bits per heavy atom. The zero-order chi connectivity index (χ0) is 12.9. The molecule has 1 radical (unpaired) electrons. The van der Waals surface area contributed by atoms with Crippen molar-refractivity contribution in [3.8, 4) is 0 Å². The van der Waals surface area contributed by atoms with Crippen molar-refractivity contribution in [2.24, 2.45) is 0 Å². The third-order valence-electron chi connectivity index (χ3n) is 0.542. The molecule has 0 amide bonds. The minimum Gasteiger partial charge on any atom is -0.759 e. The van der Waals surface area contributed by atoms with E-state index < -0.39 is 10.4 Å². The Hall–Kier alpha value is 0.530. The molecule has 0 aromatic heterocycles. The van der Waals surface area contributed by atoms with Gasteiger partial charge >= 0.3 is 22.4 Å². The largest absolute Gasteiger partial charge is 2.00 e. The number of hydrogen-bond acceptors (Lipinski definition) is 6. The summed E-state index contributed by atoms with van der Waals surface area (Å²) in [6.45, 7) is 11.7. The zero-order valence-electron chi connectivity index (χ0n) is 10.2. The molecule has 0 heterocycles. The van der Waals surface area contributed by atoms with Gasteiger partial charge in [0.1, 0.15) is 0 Å². The molecule has 0 atom stereocenters. The second kappa shape index (κ2) is 7.78. The van der Waals surface area contributed by atoms with E-state index in [9.17, 15) is 0 Å². The number of rotatable bonds is 1. The summed E-state index contributed by atoms with van der Waals surface area (Å²) in [6.07, 6.45) is 0. The smallest absolute Gasteiger partial charge is 0.759 e. The van der Waals surface area contributed by atoms with Crippen molar-refractivity contribution < 1.29 is 49.7 Å². The molecular weight excluding hydrogens is 332 g/mol. The van der Waals surface area contributed by atoms with E-state index in [0.717, 1.165) is 0 Å². The Labute approximate surface area is 113 Å². The van der Waals surface area contributed by atoms with E-state index in [1.807, 2.05) is 41.5 Å². The maximum atomic E-state index is 8.52. The summed E-state index contributed by atoms with van der Waals surface area (Å²) >= 11 is 0. The maximum Gasteiger partial charge on any atom is 2.00 e. The van der Waals surface area contributed by atoms with Crippen LogP contribution in [0, 0.1) is 0 Å². The van der Waals surface area contributed by atoms with Crippen LogP contribution in [0.2, 0.25) is 0 Å². The van der Waals surface area contributed by atoms with Crippen LogP contribution in [0.3, 0.4) is 0 Å². The molecule has 0 bridgehead atoms. The summed E-state index contributed by atoms with van der Waals surface area (Å²) in [5.41, 5.74) is -0.430. The molecule has 0 aliphatic heterocycles. The minimum absolute atomic E-state index is 0. The van der Waals surface area contributed by atoms with Gasteiger partial charge in [-0.25, -0.2) is 9.78 Å². The fourth-order valence-corrected chi connectivity index (χ4v) is 0.250. The van der Waals surface area contributed by atoms with Gasteiger partial charge in [0.25, 0.3) is 0 Å². The molecule has 103 valence electrons. The van der Waals surface area contributed by atoms with Crippen molar-refractivity contribution in [3.05, 3.63) is 0 Å². The van der Waals surface area contributed by atoms with Crippen LogP contribution in [0.5, 0.6) is 0 Å². The molecule has 0 fully saturated rings. The summed E-state index contributed by atoms with van der Waals surface area (Å²) in [4.78, 5) is 10.2. The van der Waals surface area contributed by atoms with Crippen LogP contribution in [-0.4, -0.2) is 28.7 Å². The first-order valence-electron chi connectivity index (χ1n) is 4.24. The monoisotopic (exact) mass is 349 g/mol. The van der Waals surface area contributed by atoms with Gasteiger partial charge in [-0.1, -0.05) is 0 Å². The predicted molar refractivity (Wildman–Crippen MR) is 52.2 cm³/mol. The Bertz CT molecular complexity index is 239. The van der Waals surface area contributed by atoms with Gasteiger partial charge in [0.05, 0.1) is 11.2 Å². The van der Waals surface area contributed by atoms with Gasteiger partial charge in [-0.2, -0.15) is 0 Å². The Morgan fingerprint density at radius 1 is 0.812 bits per heavy atom. The van der Waals surface area contributed by atoms with E-state index in [1.165, 1.54) is 0 Å². The quantitative estimate of drug-likeness (QED) is 0.232. The first-order chi connectivity index (χ1) is 6.21. The van der Waals surface area contributed by atoms with Crippen molar-refractivity contribution in [3.63, 3.8) is 0 Å². The van der Waals surface area contributed by atoms with Crippen molar-refractivity contribution in [1.29, 1.82) is 0 Å². The van der Waals surface area contributed by atoms with Gasteiger partial charge < -0.3 is 9.11 Å². The van der Waals surface area contributed by atoms with Crippen LogP contribution in [0.15, 0.2) is 0 Å². The van der Waals surface area contributed by atoms with Crippen molar-refractivity contribution in [1.82, 2.24) is 0 Å². The van der Waals surface area contributed by atoms with Crippen LogP contribution in [0.25, 0.3) is 0 Å². The summed E-state index contributed by atoms with van der Waals surface area (Å²) in [7, 11) is -5.17. The van der Waals surface area contributed by atoms with Crippen LogP contribution >= 0.6 is 0 Å². The molecule has 6 nitrogen and oxygen atoms in total. The second-order valence-corrected chi connectivity index (χ2v) is 5.62. The van der Waals surface area contributed by atoms with Gasteiger partial charge in [0, 0.05) is 10.4 Å². The topological polar surface area (TPSA) is 98.7 Å². The van der Waals surface area contributed by atoms with E-state index in [-0.39, 0.29) is 33.6 Å². The third-order valence-corrected chi connectivity index (χ3v) is 0.542. The van der Waals surface area contributed by atoms with Crippen LogP contribution in [-0.2, 0) is 42.6 Å². The molecule has 0 rings (SSSR count). The van der Waals surface area contributed by atoms with E-state index in [1.54, 1.807) is 0 Å². The fourth-order valence-electron chi connectivity index (χ4n) is 0.250. The second-order valence-electron chi connectivity index (χ2n) is 4.80. The molecule has 16 heavy (non-hydrogen) atoms. The first-order valence-corrected chi connectivity index (χ1v) is 5.57. The van der Waals surface area contributed by atoms with Crippen molar-refractivity contribution in [2.75, 3.05) is 0 Å². The maximum absolute atomic E-state index is 8.52. The Balaban J connectivity index is -0.000000242. The molecule has 0 aromatic rings. The van der Waals surface area contributed by atoms with E-state index in [4.69, 9.17) is 27.3 Å². The molecule has 0 saturated heterocycles. The predicted octanol–water partition coefficient (Wildman–Crippen LogP) is 1.19. The van der Waals surface area contributed by atoms with Gasteiger partial charge in [-0.05, 0) is 41.5 Å². The van der Waals surface area contributed by atoms with E-state index in [2.05, 4.69) is 0 Å². The molecule has 0 N–H and O–H groups in total. The molecule has 8 heteroatoms. The molecule has 0 unspecified atom stereocenters. The van der Waals surface area contributed by atoms with Crippen LogP contribution < -0.4 is 0 Å². The van der Waals surface area contributed by atoms with Crippen LogP contribution in [0.1, 0.15) is 41.5 Å². The third kappa shape index (κ3) is 46.9.